The molecule has 176 valence electrons. The van der Waals surface area contributed by atoms with E-state index in [1.807, 2.05) is 47.5 Å². The number of ether oxygens (including phenoxy) is 2. The van der Waals surface area contributed by atoms with Crippen LogP contribution < -0.4 is 14.8 Å². The maximum atomic E-state index is 13.5. The van der Waals surface area contributed by atoms with Crippen molar-refractivity contribution in [1.29, 1.82) is 0 Å². The lowest BCUT2D eigenvalue weighted by atomic mass is 10.1. The van der Waals surface area contributed by atoms with Gasteiger partial charge in [-0.2, -0.15) is 10.2 Å². The van der Waals surface area contributed by atoms with Crippen LogP contribution in [-0.2, 0) is 0 Å². The summed E-state index contributed by atoms with van der Waals surface area (Å²) in [7, 11) is 0. The van der Waals surface area contributed by atoms with Gasteiger partial charge in [0, 0.05) is 17.7 Å². The van der Waals surface area contributed by atoms with Gasteiger partial charge in [-0.3, -0.25) is 4.79 Å². The van der Waals surface area contributed by atoms with Crippen LogP contribution in [0.15, 0.2) is 42.7 Å². The third-order valence-corrected chi connectivity index (χ3v) is 6.06. The fourth-order valence-electron chi connectivity index (χ4n) is 4.06. The van der Waals surface area contributed by atoms with E-state index in [1.165, 1.54) is 0 Å². The molecule has 4 aromatic rings. The second kappa shape index (κ2) is 8.81. The number of nitrogens with zero attached hydrogens (tertiary/aromatic N) is 5. The van der Waals surface area contributed by atoms with Gasteiger partial charge in [0.25, 0.3) is 5.91 Å². The molecule has 34 heavy (non-hydrogen) atoms. The van der Waals surface area contributed by atoms with E-state index in [4.69, 9.17) is 14.5 Å². The maximum absolute atomic E-state index is 13.5. The van der Waals surface area contributed by atoms with Crippen LogP contribution in [0.5, 0.6) is 11.5 Å². The molecule has 0 bridgehead atoms. The van der Waals surface area contributed by atoms with Gasteiger partial charge >= 0.3 is 0 Å². The minimum atomic E-state index is -0.237. The van der Waals surface area contributed by atoms with Crippen LogP contribution in [0.4, 0.5) is 5.82 Å². The number of hydrogen-bond donors (Lipinski definition) is 1. The van der Waals surface area contributed by atoms with Crippen LogP contribution >= 0.6 is 0 Å². The Morgan fingerprint density at radius 1 is 1.06 bits per heavy atom. The van der Waals surface area contributed by atoms with Crippen molar-refractivity contribution in [1.82, 2.24) is 24.5 Å². The highest BCUT2D eigenvalue weighted by molar-refractivity contribution is 6.12. The summed E-state index contributed by atoms with van der Waals surface area (Å²) in [4.78, 5) is 18.4. The van der Waals surface area contributed by atoms with Crippen LogP contribution in [0, 0.1) is 0 Å². The van der Waals surface area contributed by atoms with Crippen molar-refractivity contribution in [3.63, 3.8) is 0 Å². The molecule has 1 atom stereocenters. The lowest BCUT2D eigenvalue weighted by Gasteiger charge is -2.19. The lowest BCUT2D eigenvalue weighted by Crippen LogP contribution is -2.18. The molecule has 0 aliphatic carbocycles. The van der Waals surface area contributed by atoms with Crippen molar-refractivity contribution >= 4 is 22.8 Å². The minimum Gasteiger partial charge on any atom is -0.486 e. The molecular formula is C25H28N6O3. The summed E-state index contributed by atoms with van der Waals surface area (Å²) < 4.78 is 15.1. The number of benzene rings is 1. The molecule has 1 unspecified atom stereocenters. The second-order valence-electron chi connectivity index (χ2n) is 8.71. The Bertz CT molecular complexity index is 1360. The van der Waals surface area contributed by atoms with Gasteiger partial charge in [0.2, 0.25) is 0 Å². The van der Waals surface area contributed by atoms with Gasteiger partial charge in [-0.05, 0) is 51.5 Å². The van der Waals surface area contributed by atoms with E-state index >= 15 is 0 Å². The molecule has 0 saturated carbocycles. The SMILES string of the molecule is CCC(C)n1nccc1NC(=O)c1cc(-c2ccc3c(c2)OCCO3)nc2c1cnn2C(C)C. The number of anilines is 1. The molecule has 3 aromatic heterocycles. The number of hydrogen-bond acceptors (Lipinski definition) is 6. The van der Waals surface area contributed by atoms with Gasteiger partial charge in [-0.25, -0.2) is 14.3 Å². The van der Waals surface area contributed by atoms with Crippen LogP contribution in [0.25, 0.3) is 22.3 Å². The fraction of sp³-hybridized carbons (Fsp3) is 0.360. The van der Waals surface area contributed by atoms with Crippen molar-refractivity contribution in [2.75, 3.05) is 18.5 Å². The maximum Gasteiger partial charge on any atom is 0.257 e. The van der Waals surface area contributed by atoms with Crippen molar-refractivity contribution in [3.8, 4) is 22.8 Å². The number of amides is 1. The van der Waals surface area contributed by atoms with Crippen LogP contribution in [0.2, 0.25) is 0 Å². The normalized spacial score (nSPS) is 13.9. The largest absolute Gasteiger partial charge is 0.486 e. The fourth-order valence-corrected chi connectivity index (χ4v) is 4.06. The summed E-state index contributed by atoms with van der Waals surface area (Å²) in [5.41, 5.74) is 2.65. The first-order valence-corrected chi connectivity index (χ1v) is 11.6. The predicted octanol–water partition coefficient (Wildman–Crippen LogP) is 4.87. The number of carbonyl (C=O) groups excluding carboxylic acids is 1. The van der Waals surface area contributed by atoms with Gasteiger partial charge < -0.3 is 14.8 Å². The monoisotopic (exact) mass is 460 g/mol. The predicted molar refractivity (Wildman–Crippen MR) is 130 cm³/mol. The molecular weight excluding hydrogens is 432 g/mol. The molecule has 1 N–H and O–H groups in total. The highest BCUT2D eigenvalue weighted by Gasteiger charge is 2.21. The van der Waals surface area contributed by atoms with Crippen LogP contribution in [0.3, 0.4) is 0 Å². The van der Waals surface area contributed by atoms with E-state index < -0.39 is 0 Å². The molecule has 0 radical (unpaired) electrons. The first-order valence-electron chi connectivity index (χ1n) is 11.6. The van der Waals surface area contributed by atoms with Crippen molar-refractivity contribution < 1.29 is 14.3 Å². The Kier molecular flexibility index (Phi) is 5.69. The molecule has 9 heteroatoms. The molecule has 9 nitrogen and oxygen atoms in total. The molecule has 1 amide bonds. The third-order valence-electron chi connectivity index (χ3n) is 6.06. The second-order valence-corrected chi connectivity index (χ2v) is 8.71. The highest BCUT2D eigenvalue weighted by atomic mass is 16.6. The van der Waals surface area contributed by atoms with Crippen LogP contribution in [0.1, 0.15) is 56.6 Å². The zero-order valence-corrected chi connectivity index (χ0v) is 19.8. The topological polar surface area (TPSA) is 96.1 Å². The first-order chi connectivity index (χ1) is 16.5. The summed E-state index contributed by atoms with van der Waals surface area (Å²) in [6.45, 7) is 9.26. The molecule has 1 aliphatic rings. The number of pyridine rings is 1. The van der Waals surface area contributed by atoms with Crippen molar-refractivity contribution in [2.24, 2.45) is 0 Å². The summed E-state index contributed by atoms with van der Waals surface area (Å²) in [6.07, 6.45) is 4.30. The Morgan fingerprint density at radius 2 is 1.85 bits per heavy atom. The zero-order valence-electron chi connectivity index (χ0n) is 19.8. The van der Waals surface area contributed by atoms with Crippen molar-refractivity contribution in [3.05, 3.63) is 48.3 Å². The van der Waals surface area contributed by atoms with E-state index in [9.17, 15) is 4.79 Å². The lowest BCUT2D eigenvalue weighted by molar-refractivity contribution is 0.102. The molecule has 1 aromatic carbocycles. The first kappa shape index (κ1) is 21.9. The Balaban J connectivity index is 1.60. The number of rotatable bonds is 6. The number of fused-ring (bicyclic) bond motifs is 2. The molecule has 0 spiro atoms. The van der Waals surface area contributed by atoms with Crippen LogP contribution in [-0.4, -0.2) is 43.7 Å². The van der Waals surface area contributed by atoms with Gasteiger partial charge in [-0.15, -0.1) is 0 Å². The Labute approximate surface area is 197 Å². The average Bonchev–Trinajstić information content (AvgIpc) is 3.49. The van der Waals surface area contributed by atoms with E-state index in [-0.39, 0.29) is 18.0 Å². The standard InChI is InChI=1S/C25H28N6O3/c1-5-16(4)31-23(8-9-26-31)29-25(32)18-13-20(28-24-19(18)14-27-30(24)15(2)3)17-6-7-21-22(12-17)34-11-10-33-21/h6-9,12-16H,5,10-11H2,1-4H3,(H,29,32). The smallest absolute Gasteiger partial charge is 0.257 e. The Morgan fingerprint density at radius 3 is 2.62 bits per heavy atom. The molecule has 4 heterocycles. The van der Waals surface area contributed by atoms with E-state index in [0.29, 0.717) is 52.8 Å². The minimum absolute atomic E-state index is 0.0864. The van der Waals surface area contributed by atoms with Crippen molar-refractivity contribution in [2.45, 2.75) is 46.2 Å². The van der Waals surface area contributed by atoms with Gasteiger partial charge in [0.1, 0.15) is 19.0 Å². The third kappa shape index (κ3) is 3.87. The quantitative estimate of drug-likeness (QED) is 0.441. The molecule has 0 fully saturated rings. The van der Waals surface area contributed by atoms with E-state index in [1.54, 1.807) is 18.5 Å². The Hall–Kier alpha value is -3.88. The molecule has 1 aliphatic heterocycles. The van der Waals surface area contributed by atoms with E-state index in [2.05, 4.69) is 29.4 Å². The van der Waals surface area contributed by atoms with Gasteiger partial charge in [-0.1, -0.05) is 6.92 Å². The summed E-state index contributed by atoms with van der Waals surface area (Å²) >= 11 is 0. The van der Waals surface area contributed by atoms with E-state index in [0.717, 1.165) is 12.0 Å². The number of nitrogens with one attached hydrogen (secondary N) is 1. The average molecular weight is 461 g/mol. The summed E-state index contributed by atoms with van der Waals surface area (Å²) in [5.74, 6) is 1.80. The van der Waals surface area contributed by atoms with Gasteiger partial charge in [0.05, 0.1) is 35.1 Å². The molecule has 5 rings (SSSR count). The summed E-state index contributed by atoms with van der Waals surface area (Å²) in [5, 5.41) is 12.6. The summed E-state index contributed by atoms with van der Waals surface area (Å²) in [6, 6.07) is 9.57. The molecule has 0 saturated heterocycles. The highest BCUT2D eigenvalue weighted by Crippen LogP contribution is 2.35. The van der Waals surface area contributed by atoms with Gasteiger partial charge in [0.15, 0.2) is 17.1 Å². The zero-order chi connectivity index (χ0) is 23.8. The number of aromatic nitrogens is 5. The number of carbonyl (C=O) groups is 1.